The Kier molecular flexibility index (Phi) is 4.65. The molecular formula is C19H20N5S3+. The predicted octanol–water partition coefficient (Wildman–Crippen LogP) is 3.70. The van der Waals surface area contributed by atoms with Gasteiger partial charge in [-0.2, -0.15) is 4.98 Å². The van der Waals surface area contributed by atoms with E-state index in [0.29, 0.717) is 10.7 Å². The largest absolute Gasteiger partial charge is 0.316 e. The van der Waals surface area contributed by atoms with Crippen molar-refractivity contribution in [2.75, 3.05) is 13.1 Å². The van der Waals surface area contributed by atoms with Gasteiger partial charge in [0.15, 0.2) is 12.5 Å². The Hall–Kier alpha value is -1.87. The summed E-state index contributed by atoms with van der Waals surface area (Å²) in [5.41, 5.74) is 1.13. The molecule has 0 radical (unpaired) electrons. The molecule has 5 rings (SSSR count). The number of hydrogen-bond acceptors (Lipinski definition) is 5. The summed E-state index contributed by atoms with van der Waals surface area (Å²) in [7, 11) is 0. The monoisotopic (exact) mass is 414 g/mol. The van der Waals surface area contributed by atoms with Crippen molar-refractivity contribution in [2.24, 2.45) is 0 Å². The molecule has 2 atom stereocenters. The highest BCUT2D eigenvalue weighted by Gasteiger charge is 2.27. The minimum Gasteiger partial charge on any atom is -0.316 e. The van der Waals surface area contributed by atoms with Crippen LogP contribution in [0.25, 0.3) is 20.9 Å². The summed E-state index contributed by atoms with van der Waals surface area (Å²) in [6.45, 7) is 3.09. The Balaban J connectivity index is 1.33. The Labute approximate surface area is 170 Å². The van der Waals surface area contributed by atoms with Crippen molar-refractivity contribution in [3.63, 3.8) is 0 Å². The van der Waals surface area contributed by atoms with Crippen LogP contribution in [0.2, 0.25) is 0 Å². The number of piperidine rings is 1. The van der Waals surface area contributed by atoms with Gasteiger partial charge in [-0.3, -0.25) is 5.10 Å². The van der Waals surface area contributed by atoms with E-state index in [1.807, 2.05) is 22.1 Å². The first kappa shape index (κ1) is 17.2. The van der Waals surface area contributed by atoms with E-state index in [-0.39, 0.29) is 0 Å². The first-order valence-electron chi connectivity index (χ1n) is 9.16. The van der Waals surface area contributed by atoms with Crippen LogP contribution in [-0.2, 0) is 6.67 Å². The van der Waals surface area contributed by atoms with Crippen LogP contribution >= 0.6 is 34.9 Å². The molecule has 1 aliphatic rings. The number of rotatable bonds is 4. The number of quaternary nitrogens is 1. The van der Waals surface area contributed by atoms with Gasteiger partial charge in [-0.1, -0.05) is 18.2 Å². The zero-order valence-corrected chi connectivity index (χ0v) is 17.2. The minimum atomic E-state index is 0.528. The molecule has 4 heterocycles. The van der Waals surface area contributed by atoms with Crippen LogP contribution in [-0.4, -0.2) is 32.8 Å². The Morgan fingerprint density at radius 2 is 2.15 bits per heavy atom. The van der Waals surface area contributed by atoms with Crippen molar-refractivity contribution in [3.8, 4) is 10.7 Å². The summed E-state index contributed by atoms with van der Waals surface area (Å²) in [5.74, 6) is 1.40. The third-order valence-corrected chi connectivity index (χ3v) is 7.48. The molecule has 0 aliphatic carbocycles. The number of benzene rings is 1. The third-order valence-electron chi connectivity index (χ3n) is 5.09. The molecule has 4 aromatic rings. The fourth-order valence-electron chi connectivity index (χ4n) is 3.78. The van der Waals surface area contributed by atoms with Crippen LogP contribution in [0.5, 0.6) is 0 Å². The lowest BCUT2D eigenvalue weighted by atomic mass is 9.99. The number of thiazole rings is 1. The quantitative estimate of drug-likeness (QED) is 0.501. The average molecular weight is 415 g/mol. The molecule has 8 heteroatoms. The van der Waals surface area contributed by atoms with E-state index >= 15 is 0 Å². The number of aromatic nitrogens is 4. The zero-order chi connectivity index (χ0) is 18.2. The number of thiophene rings is 1. The number of nitrogens with zero attached hydrogens (tertiary/aromatic N) is 3. The molecule has 1 saturated heterocycles. The standard InChI is InChI=1S/C19H19N5S3/c25-19-21-17(16-8-4-10-26-16)22-24(19)12-23-9-3-5-13(11-23)18-20-14-6-1-2-7-15(14)27-18/h1-2,4,6-8,10,13H,3,5,9,11-12H2,(H,21,22,25)/p+1/t13-/m0/s1. The summed E-state index contributed by atoms with van der Waals surface area (Å²) >= 11 is 9.01. The molecule has 2 N–H and O–H groups in total. The molecule has 1 aliphatic heterocycles. The number of para-hydroxylation sites is 1. The lowest BCUT2D eigenvalue weighted by molar-refractivity contribution is -0.929. The molecule has 0 spiro atoms. The first-order chi connectivity index (χ1) is 13.3. The molecular weight excluding hydrogens is 394 g/mol. The average Bonchev–Trinajstić information content (AvgIpc) is 3.42. The van der Waals surface area contributed by atoms with Gasteiger partial charge >= 0.3 is 0 Å². The predicted molar refractivity (Wildman–Crippen MR) is 113 cm³/mol. The second-order valence-electron chi connectivity index (χ2n) is 6.98. The van der Waals surface area contributed by atoms with Gasteiger partial charge in [0.2, 0.25) is 4.77 Å². The van der Waals surface area contributed by atoms with Gasteiger partial charge in [0.25, 0.3) is 0 Å². The Bertz CT molecular complexity index is 1070. The molecule has 0 saturated carbocycles. The van der Waals surface area contributed by atoms with E-state index in [0.717, 1.165) is 36.0 Å². The number of nitrogens with one attached hydrogen (secondary N) is 2. The van der Waals surface area contributed by atoms with Gasteiger partial charge < -0.3 is 4.90 Å². The van der Waals surface area contributed by atoms with Gasteiger partial charge in [0.1, 0.15) is 5.01 Å². The van der Waals surface area contributed by atoms with E-state index in [1.54, 1.807) is 11.3 Å². The second-order valence-corrected chi connectivity index (χ2v) is 9.36. The number of H-pyrrole nitrogens is 1. The van der Waals surface area contributed by atoms with Gasteiger partial charge in [0, 0.05) is 0 Å². The number of hydrogen-bond donors (Lipinski definition) is 2. The van der Waals surface area contributed by atoms with E-state index in [2.05, 4.69) is 45.8 Å². The Morgan fingerprint density at radius 1 is 1.22 bits per heavy atom. The Morgan fingerprint density at radius 3 is 3.00 bits per heavy atom. The lowest BCUT2D eigenvalue weighted by Crippen LogP contribution is -3.12. The minimum absolute atomic E-state index is 0.528. The van der Waals surface area contributed by atoms with E-state index in [1.165, 1.54) is 27.4 Å². The SMILES string of the molecule is S=c1nc(-c2cccs2)[nH]n1C[NH+]1CCC[C@H](c2nc3ccccc3s2)C1. The van der Waals surface area contributed by atoms with E-state index in [4.69, 9.17) is 17.2 Å². The smallest absolute Gasteiger partial charge is 0.221 e. The molecule has 5 nitrogen and oxygen atoms in total. The molecule has 3 aromatic heterocycles. The van der Waals surface area contributed by atoms with Gasteiger partial charge in [0.05, 0.1) is 34.1 Å². The zero-order valence-electron chi connectivity index (χ0n) is 14.7. The highest BCUT2D eigenvalue weighted by molar-refractivity contribution is 7.71. The van der Waals surface area contributed by atoms with E-state index < -0.39 is 0 Å². The third kappa shape index (κ3) is 3.50. The maximum absolute atomic E-state index is 5.48. The molecule has 1 unspecified atom stereocenters. The summed E-state index contributed by atoms with van der Waals surface area (Å²) in [6.07, 6.45) is 2.44. The molecule has 138 valence electrons. The number of likely N-dealkylation sites (tertiary alicyclic amines) is 1. The van der Waals surface area contributed by atoms with Crippen molar-refractivity contribution in [1.82, 2.24) is 19.7 Å². The normalized spacial score (nSPS) is 20.3. The topological polar surface area (TPSA) is 50.9 Å². The number of aromatic amines is 1. The van der Waals surface area contributed by atoms with E-state index in [9.17, 15) is 0 Å². The molecule has 0 bridgehead atoms. The summed E-state index contributed by atoms with van der Waals surface area (Å²) in [4.78, 5) is 12.1. The van der Waals surface area contributed by atoms with Crippen molar-refractivity contribution in [2.45, 2.75) is 25.4 Å². The van der Waals surface area contributed by atoms with Gasteiger partial charge in [-0.05, 0) is 48.6 Å². The summed E-state index contributed by atoms with van der Waals surface area (Å²) in [6, 6.07) is 12.5. The molecule has 1 aromatic carbocycles. The van der Waals surface area contributed by atoms with Crippen LogP contribution < -0.4 is 4.90 Å². The van der Waals surface area contributed by atoms with Gasteiger partial charge in [-0.15, -0.1) is 22.7 Å². The molecule has 27 heavy (non-hydrogen) atoms. The van der Waals surface area contributed by atoms with Crippen LogP contribution in [0.15, 0.2) is 41.8 Å². The molecule has 0 amide bonds. The van der Waals surface area contributed by atoms with Crippen LogP contribution in [0.1, 0.15) is 23.8 Å². The van der Waals surface area contributed by atoms with Crippen molar-refractivity contribution in [3.05, 3.63) is 51.6 Å². The highest BCUT2D eigenvalue weighted by Crippen LogP contribution is 2.30. The van der Waals surface area contributed by atoms with Gasteiger partial charge in [-0.25, -0.2) is 9.67 Å². The fourth-order valence-corrected chi connectivity index (χ4v) is 5.75. The van der Waals surface area contributed by atoms with Crippen LogP contribution in [0.3, 0.4) is 0 Å². The lowest BCUT2D eigenvalue weighted by Gasteiger charge is -2.28. The van der Waals surface area contributed by atoms with Crippen molar-refractivity contribution in [1.29, 1.82) is 0 Å². The fraction of sp³-hybridized carbons (Fsp3) is 0.316. The molecule has 1 fully saturated rings. The first-order valence-corrected chi connectivity index (χ1v) is 11.3. The maximum Gasteiger partial charge on any atom is 0.221 e. The summed E-state index contributed by atoms with van der Waals surface area (Å²) < 4.78 is 3.93. The van der Waals surface area contributed by atoms with Crippen molar-refractivity contribution < 1.29 is 4.90 Å². The second kappa shape index (κ2) is 7.27. The maximum atomic E-state index is 5.48. The van der Waals surface area contributed by atoms with Crippen molar-refractivity contribution >= 4 is 45.1 Å². The van der Waals surface area contributed by atoms with Crippen LogP contribution in [0.4, 0.5) is 0 Å². The summed E-state index contributed by atoms with van der Waals surface area (Å²) in [5, 5.41) is 6.72. The number of fused-ring (bicyclic) bond motifs is 1. The van der Waals surface area contributed by atoms with Crippen LogP contribution in [0, 0.1) is 4.77 Å². The highest BCUT2D eigenvalue weighted by atomic mass is 32.1.